The summed E-state index contributed by atoms with van der Waals surface area (Å²) < 4.78 is 26.7. The van der Waals surface area contributed by atoms with Crippen LogP contribution >= 0.6 is 0 Å². The second-order valence-corrected chi connectivity index (χ2v) is 8.26. The Morgan fingerprint density at radius 1 is 1.00 bits per heavy atom. The quantitative estimate of drug-likeness (QED) is 0.424. The summed E-state index contributed by atoms with van der Waals surface area (Å²) in [5.74, 6) is -1.11. The van der Waals surface area contributed by atoms with Crippen molar-refractivity contribution in [2.75, 3.05) is 6.54 Å². The zero-order valence-corrected chi connectivity index (χ0v) is 17.0. The highest BCUT2D eigenvalue weighted by atomic mass is 32.2. The highest BCUT2D eigenvalue weighted by Crippen LogP contribution is 2.16. The van der Waals surface area contributed by atoms with Crippen molar-refractivity contribution >= 4 is 21.8 Å². The zero-order chi connectivity index (χ0) is 21.6. The van der Waals surface area contributed by atoms with Crippen LogP contribution in [0.5, 0.6) is 0 Å². The molecule has 2 aromatic carbocycles. The van der Waals surface area contributed by atoms with Crippen molar-refractivity contribution in [2.24, 2.45) is 0 Å². The minimum Gasteiger partial charge on any atom is -0.273 e. The van der Waals surface area contributed by atoms with E-state index in [1.807, 2.05) is 37.3 Å². The molecule has 9 nitrogen and oxygen atoms in total. The van der Waals surface area contributed by atoms with Crippen molar-refractivity contribution in [1.82, 2.24) is 25.8 Å². The van der Waals surface area contributed by atoms with Crippen LogP contribution in [-0.2, 0) is 14.8 Å². The maximum absolute atomic E-state index is 12.2. The van der Waals surface area contributed by atoms with Crippen molar-refractivity contribution in [3.05, 3.63) is 71.9 Å². The molecule has 1 heterocycles. The Hall–Kier alpha value is -3.50. The highest BCUT2D eigenvalue weighted by molar-refractivity contribution is 7.89. The van der Waals surface area contributed by atoms with Crippen molar-refractivity contribution in [1.29, 1.82) is 0 Å². The molecule has 0 saturated carbocycles. The molecule has 4 N–H and O–H groups in total. The van der Waals surface area contributed by atoms with Gasteiger partial charge in [0, 0.05) is 18.5 Å². The van der Waals surface area contributed by atoms with Crippen LogP contribution in [0, 0.1) is 6.92 Å². The number of sulfonamides is 1. The number of aryl methyl sites for hydroxylation is 1. The predicted molar refractivity (Wildman–Crippen MR) is 111 cm³/mol. The van der Waals surface area contributed by atoms with E-state index in [1.54, 1.807) is 18.2 Å². The van der Waals surface area contributed by atoms with Gasteiger partial charge >= 0.3 is 0 Å². The number of hydrazine groups is 1. The van der Waals surface area contributed by atoms with Gasteiger partial charge in [-0.25, -0.2) is 13.1 Å². The lowest BCUT2D eigenvalue weighted by molar-refractivity contribution is -0.121. The van der Waals surface area contributed by atoms with Gasteiger partial charge < -0.3 is 0 Å². The largest absolute Gasteiger partial charge is 0.287 e. The summed E-state index contributed by atoms with van der Waals surface area (Å²) in [5.41, 5.74) is 7.06. The Balaban J connectivity index is 1.45. The standard InChI is InChI=1S/C20H21N5O4S/c1-14-7-9-16(10-8-14)30(28,29)21-12-11-19(26)24-25-20(27)18-13-17(22-23-18)15-5-3-2-4-6-15/h2-10,13,21H,11-12H2,1H3,(H,22,23)(H,24,26)(H,25,27). The SMILES string of the molecule is Cc1ccc(S(=O)(=O)NCCC(=O)NNC(=O)c2cc(-c3ccccc3)n[nH]2)cc1. The molecular formula is C20H21N5O4S. The molecule has 0 aliphatic carbocycles. The predicted octanol–water partition coefficient (Wildman–Crippen LogP) is 1.51. The molecule has 0 atom stereocenters. The highest BCUT2D eigenvalue weighted by Gasteiger charge is 2.15. The van der Waals surface area contributed by atoms with E-state index in [2.05, 4.69) is 25.8 Å². The van der Waals surface area contributed by atoms with Gasteiger partial charge in [0.1, 0.15) is 5.69 Å². The van der Waals surface area contributed by atoms with E-state index in [-0.39, 0.29) is 23.6 Å². The summed E-state index contributed by atoms with van der Waals surface area (Å²) in [4.78, 5) is 24.1. The fourth-order valence-electron chi connectivity index (χ4n) is 2.55. The van der Waals surface area contributed by atoms with Gasteiger partial charge in [0.05, 0.1) is 10.6 Å². The number of nitrogens with zero attached hydrogens (tertiary/aromatic N) is 1. The molecule has 0 aliphatic rings. The third-order valence-electron chi connectivity index (χ3n) is 4.18. The van der Waals surface area contributed by atoms with Gasteiger partial charge in [0.15, 0.2) is 0 Å². The van der Waals surface area contributed by atoms with Gasteiger partial charge in [0.2, 0.25) is 15.9 Å². The lowest BCUT2D eigenvalue weighted by Crippen LogP contribution is -2.43. The number of carbonyl (C=O) groups is 2. The van der Waals surface area contributed by atoms with Crippen LogP contribution in [0.3, 0.4) is 0 Å². The maximum atomic E-state index is 12.2. The summed E-state index contributed by atoms with van der Waals surface area (Å²) in [6, 6.07) is 17.2. The summed E-state index contributed by atoms with van der Waals surface area (Å²) in [6.45, 7) is 1.74. The number of hydrogen-bond acceptors (Lipinski definition) is 5. The van der Waals surface area contributed by atoms with Gasteiger partial charge in [0.25, 0.3) is 5.91 Å². The Labute approximate surface area is 173 Å². The summed E-state index contributed by atoms with van der Waals surface area (Å²) in [7, 11) is -3.70. The Morgan fingerprint density at radius 2 is 1.70 bits per heavy atom. The van der Waals surface area contributed by atoms with E-state index in [4.69, 9.17) is 0 Å². The van der Waals surface area contributed by atoms with Crippen molar-refractivity contribution < 1.29 is 18.0 Å². The number of rotatable bonds is 7. The Morgan fingerprint density at radius 3 is 2.40 bits per heavy atom. The van der Waals surface area contributed by atoms with Crippen LogP contribution in [0.15, 0.2) is 65.6 Å². The summed E-state index contributed by atoms with van der Waals surface area (Å²) in [5, 5.41) is 6.68. The lowest BCUT2D eigenvalue weighted by Gasteiger charge is -2.08. The van der Waals surface area contributed by atoms with Crippen LogP contribution in [0.1, 0.15) is 22.5 Å². The molecule has 0 unspecified atom stereocenters. The third kappa shape index (κ3) is 5.52. The molecular weight excluding hydrogens is 406 g/mol. The number of benzene rings is 2. The van der Waals surface area contributed by atoms with Crippen molar-refractivity contribution in [2.45, 2.75) is 18.2 Å². The number of carbonyl (C=O) groups excluding carboxylic acids is 2. The van der Waals surface area contributed by atoms with E-state index in [9.17, 15) is 18.0 Å². The smallest absolute Gasteiger partial charge is 0.273 e. The number of hydrogen-bond donors (Lipinski definition) is 4. The van der Waals surface area contributed by atoms with E-state index >= 15 is 0 Å². The van der Waals surface area contributed by atoms with Crippen LogP contribution < -0.4 is 15.6 Å². The number of aromatic amines is 1. The van der Waals surface area contributed by atoms with Crippen molar-refractivity contribution in [3.8, 4) is 11.3 Å². The first-order valence-electron chi connectivity index (χ1n) is 9.11. The molecule has 1 aromatic heterocycles. The van der Waals surface area contributed by atoms with Gasteiger partial charge in [-0.2, -0.15) is 5.10 Å². The van der Waals surface area contributed by atoms with Crippen LogP contribution in [-0.4, -0.2) is 37.0 Å². The molecule has 0 aliphatic heterocycles. The monoisotopic (exact) mass is 427 g/mol. The average molecular weight is 427 g/mol. The van der Waals surface area contributed by atoms with E-state index in [0.29, 0.717) is 5.69 Å². The number of nitrogens with one attached hydrogen (secondary N) is 4. The molecule has 0 radical (unpaired) electrons. The molecule has 0 fully saturated rings. The first kappa shape index (κ1) is 21.2. The molecule has 0 spiro atoms. The fourth-order valence-corrected chi connectivity index (χ4v) is 3.58. The average Bonchev–Trinajstić information content (AvgIpc) is 3.23. The Bertz CT molecular complexity index is 1130. The van der Waals surface area contributed by atoms with Crippen molar-refractivity contribution in [3.63, 3.8) is 0 Å². The van der Waals surface area contributed by atoms with E-state index in [1.165, 1.54) is 12.1 Å². The minimum atomic E-state index is -3.70. The normalized spacial score (nSPS) is 11.1. The summed E-state index contributed by atoms with van der Waals surface area (Å²) in [6.07, 6.45) is -0.149. The molecule has 156 valence electrons. The van der Waals surface area contributed by atoms with Crippen LogP contribution in [0.2, 0.25) is 0 Å². The number of amides is 2. The van der Waals surface area contributed by atoms with Gasteiger partial charge in [-0.3, -0.25) is 25.5 Å². The molecule has 0 bridgehead atoms. The van der Waals surface area contributed by atoms with Gasteiger partial charge in [-0.15, -0.1) is 0 Å². The zero-order valence-electron chi connectivity index (χ0n) is 16.2. The first-order chi connectivity index (χ1) is 14.3. The number of aromatic nitrogens is 2. The second kappa shape index (κ2) is 9.33. The van der Waals surface area contributed by atoms with Gasteiger partial charge in [-0.1, -0.05) is 48.0 Å². The molecule has 3 aromatic rings. The summed E-state index contributed by atoms with van der Waals surface area (Å²) >= 11 is 0. The van der Waals surface area contributed by atoms with Crippen LogP contribution in [0.4, 0.5) is 0 Å². The minimum absolute atomic E-state index is 0.111. The molecule has 3 rings (SSSR count). The second-order valence-electron chi connectivity index (χ2n) is 6.50. The van der Waals surface area contributed by atoms with Crippen LogP contribution in [0.25, 0.3) is 11.3 Å². The Kier molecular flexibility index (Phi) is 6.60. The van der Waals surface area contributed by atoms with Gasteiger partial charge in [-0.05, 0) is 25.1 Å². The molecule has 2 amide bonds. The molecule has 10 heteroatoms. The van der Waals surface area contributed by atoms with E-state index in [0.717, 1.165) is 11.1 Å². The molecule has 0 saturated heterocycles. The first-order valence-corrected chi connectivity index (χ1v) is 10.6. The lowest BCUT2D eigenvalue weighted by atomic mass is 10.1. The topological polar surface area (TPSA) is 133 Å². The number of H-pyrrole nitrogens is 1. The van der Waals surface area contributed by atoms with E-state index < -0.39 is 21.8 Å². The fraction of sp³-hybridized carbons (Fsp3) is 0.150. The molecule has 30 heavy (non-hydrogen) atoms. The maximum Gasteiger partial charge on any atom is 0.287 e. The third-order valence-corrected chi connectivity index (χ3v) is 5.66.